The number of ether oxygens (including phenoxy) is 1. The summed E-state index contributed by atoms with van der Waals surface area (Å²) in [4.78, 5) is 25.7. The van der Waals surface area contributed by atoms with Gasteiger partial charge in [0, 0.05) is 18.7 Å². The lowest BCUT2D eigenvalue weighted by molar-refractivity contribution is -0.128. The molecule has 2 N–H and O–H groups in total. The highest BCUT2D eigenvalue weighted by atomic mass is 16.5. The van der Waals surface area contributed by atoms with Gasteiger partial charge in [0.25, 0.3) is 5.91 Å². The van der Waals surface area contributed by atoms with Crippen molar-refractivity contribution in [2.45, 2.75) is 38.6 Å². The van der Waals surface area contributed by atoms with Crippen molar-refractivity contribution >= 4 is 17.9 Å². The molecule has 5 heteroatoms. The van der Waals surface area contributed by atoms with Gasteiger partial charge >= 0.3 is 0 Å². The number of nitrogens with zero attached hydrogens (tertiary/aromatic N) is 1. The van der Waals surface area contributed by atoms with Crippen molar-refractivity contribution in [3.63, 3.8) is 0 Å². The monoisotopic (exact) mass is 392 g/mol. The quantitative estimate of drug-likeness (QED) is 0.700. The van der Waals surface area contributed by atoms with Crippen molar-refractivity contribution in [2.75, 3.05) is 13.2 Å². The minimum absolute atomic E-state index is 0.0466. The van der Waals surface area contributed by atoms with E-state index in [-0.39, 0.29) is 18.6 Å². The van der Waals surface area contributed by atoms with Gasteiger partial charge in [-0.1, -0.05) is 43.3 Å². The van der Waals surface area contributed by atoms with Crippen LogP contribution in [0.3, 0.4) is 0 Å². The van der Waals surface area contributed by atoms with Gasteiger partial charge in [-0.15, -0.1) is 0 Å². The van der Waals surface area contributed by atoms with Gasteiger partial charge < -0.3 is 15.4 Å². The van der Waals surface area contributed by atoms with Gasteiger partial charge in [0.2, 0.25) is 5.91 Å². The Kier molecular flexibility index (Phi) is 7.06. The first-order chi connectivity index (χ1) is 14.1. The summed E-state index contributed by atoms with van der Waals surface area (Å²) in [6, 6.07) is 16.0. The van der Waals surface area contributed by atoms with Crippen molar-refractivity contribution in [3.8, 4) is 5.75 Å². The molecule has 0 aromatic heterocycles. The highest BCUT2D eigenvalue weighted by molar-refractivity contribution is 5.92. The standard InChI is InChI=1S/C24H28N2O3/c1-2-15-26(21-11-10-19-5-3-4-6-20(19)16-21)24(28)14-9-18-7-12-22(13-8-18)29-17-23(25)27/h3-9,12-14,21H,2,10-11,15-17H2,1H3,(H2,25,27)/b14-9+. The Morgan fingerprint density at radius 1 is 1.14 bits per heavy atom. The molecule has 1 aliphatic rings. The first-order valence-electron chi connectivity index (χ1n) is 10.1. The number of carbonyl (C=O) groups excluding carboxylic acids is 2. The number of hydrogen-bond donors (Lipinski definition) is 1. The minimum atomic E-state index is -0.513. The minimum Gasteiger partial charge on any atom is -0.484 e. The molecule has 29 heavy (non-hydrogen) atoms. The molecule has 5 nitrogen and oxygen atoms in total. The topological polar surface area (TPSA) is 72.6 Å². The Labute approximate surface area is 172 Å². The van der Waals surface area contributed by atoms with Crippen molar-refractivity contribution < 1.29 is 14.3 Å². The third-order valence-electron chi connectivity index (χ3n) is 5.19. The van der Waals surface area contributed by atoms with Crippen LogP contribution < -0.4 is 10.5 Å². The third-order valence-corrected chi connectivity index (χ3v) is 5.19. The molecule has 0 spiro atoms. The van der Waals surface area contributed by atoms with Gasteiger partial charge in [-0.3, -0.25) is 9.59 Å². The molecule has 0 bridgehead atoms. The zero-order valence-electron chi connectivity index (χ0n) is 16.8. The second kappa shape index (κ2) is 9.92. The van der Waals surface area contributed by atoms with Crippen LogP contribution in [0.15, 0.2) is 54.6 Å². The summed E-state index contributed by atoms with van der Waals surface area (Å²) in [6.45, 7) is 2.71. The number of nitrogens with two attached hydrogens (primary N) is 1. The van der Waals surface area contributed by atoms with Gasteiger partial charge in [0.1, 0.15) is 5.75 Å². The van der Waals surface area contributed by atoms with E-state index in [0.29, 0.717) is 5.75 Å². The molecule has 152 valence electrons. The van der Waals surface area contributed by atoms with Gasteiger partial charge in [-0.25, -0.2) is 0 Å². The molecule has 0 saturated carbocycles. The predicted molar refractivity (Wildman–Crippen MR) is 114 cm³/mol. The molecule has 0 heterocycles. The number of aryl methyl sites for hydroxylation is 1. The summed E-state index contributed by atoms with van der Waals surface area (Å²) >= 11 is 0. The molecule has 0 saturated heterocycles. The van der Waals surface area contributed by atoms with Gasteiger partial charge in [-0.05, 0) is 60.6 Å². The van der Waals surface area contributed by atoms with Gasteiger partial charge in [-0.2, -0.15) is 0 Å². The lowest BCUT2D eigenvalue weighted by Gasteiger charge is -2.34. The maximum Gasteiger partial charge on any atom is 0.255 e. The molecule has 1 unspecified atom stereocenters. The predicted octanol–water partition coefficient (Wildman–Crippen LogP) is 3.36. The number of hydrogen-bond acceptors (Lipinski definition) is 3. The molecular formula is C24H28N2O3. The molecule has 2 aromatic carbocycles. The highest BCUT2D eigenvalue weighted by Crippen LogP contribution is 2.25. The van der Waals surface area contributed by atoms with Crippen LogP contribution >= 0.6 is 0 Å². The van der Waals surface area contributed by atoms with E-state index >= 15 is 0 Å². The van der Waals surface area contributed by atoms with E-state index in [0.717, 1.165) is 37.8 Å². The van der Waals surface area contributed by atoms with Crippen LogP contribution in [-0.4, -0.2) is 35.9 Å². The fourth-order valence-electron chi connectivity index (χ4n) is 3.75. The van der Waals surface area contributed by atoms with E-state index < -0.39 is 5.91 Å². The molecule has 0 radical (unpaired) electrons. The van der Waals surface area contributed by atoms with Crippen LogP contribution in [0.5, 0.6) is 5.75 Å². The van der Waals surface area contributed by atoms with Crippen molar-refractivity contribution in [3.05, 3.63) is 71.3 Å². The van der Waals surface area contributed by atoms with Crippen LogP contribution in [-0.2, 0) is 22.4 Å². The molecule has 0 fully saturated rings. The third kappa shape index (κ3) is 5.70. The molecule has 2 aromatic rings. The van der Waals surface area contributed by atoms with Crippen molar-refractivity contribution in [1.29, 1.82) is 0 Å². The second-order valence-electron chi connectivity index (χ2n) is 7.35. The van der Waals surface area contributed by atoms with Crippen molar-refractivity contribution in [2.24, 2.45) is 5.73 Å². The first-order valence-corrected chi connectivity index (χ1v) is 10.1. The van der Waals surface area contributed by atoms with E-state index in [1.54, 1.807) is 18.2 Å². The van der Waals surface area contributed by atoms with E-state index in [9.17, 15) is 9.59 Å². The lowest BCUT2D eigenvalue weighted by Crippen LogP contribution is -2.43. The van der Waals surface area contributed by atoms with Crippen molar-refractivity contribution in [1.82, 2.24) is 4.90 Å². The van der Waals surface area contributed by atoms with E-state index in [2.05, 4.69) is 31.2 Å². The molecule has 2 amide bonds. The summed E-state index contributed by atoms with van der Waals surface area (Å²) in [5.74, 6) is 0.104. The fourth-order valence-corrected chi connectivity index (χ4v) is 3.75. The Bertz CT molecular complexity index is 874. The summed E-state index contributed by atoms with van der Waals surface area (Å²) < 4.78 is 5.25. The summed E-state index contributed by atoms with van der Waals surface area (Å²) in [5.41, 5.74) is 8.73. The maximum atomic E-state index is 12.9. The normalized spacial score (nSPS) is 15.7. The molecular weight excluding hydrogens is 364 g/mol. The number of carbonyl (C=O) groups is 2. The Morgan fingerprint density at radius 3 is 2.55 bits per heavy atom. The number of primary amides is 1. The second-order valence-corrected chi connectivity index (χ2v) is 7.35. The summed E-state index contributed by atoms with van der Waals surface area (Å²) in [6.07, 6.45) is 7.34. The average Bonchev–Trinajstić information content (AvgIpc) is 2.74. The summed E-state index contributed by atoms with van der Waals surface area (Å²) in [7, 11) is 0. The SMILES string of the molecule is CCCN(C(=O)/C=C/c1ccc(OCC(N)=O)cc1)C1CCc2ccccc2C1. The number of rotatable bonds is 8. The Balaban J connectivity index is 1.64. The van der Waals surface area contributed by atoms with Crippen LogP contribution in [0.25, 0.3) is 6.08 Å². The first kappa shape index (κ1) is 20.6. The highest BCUT2D eigenvalue weighted by Gasteiger charge is 2.25. The van der Waals surface area contributed by atoms with Gasteiger partial charge in [0.05, 0.1) is 0 Å². The fraction of sp³-hybridized carbons (Fsp3) is 0.333. The molecule has 0 aliphatic heterocycles. The Morgan fingerprint density at radius 2 is 1.86 bits per heavy atom. The van der Waals surface area contributed by atoms with E-state index in [1.807, 2.05) is 23.1 Å². The largest absolute Gasteiger partial charge is 0.484 e. The maximum absolute atomic E-state index is 12.9. The number of fused-ring (bicyclic) bond motifs is 1. The molecule has 1 aliphatic carbocycles. The average molecular weight is 392 g/mol. The lowest BCUT2D eigenvalue weighted by atomic mass is 9.87. The Hall–Kier alpha value is -3.08. The van der Waals surface area contributed by atoms with Crippen LogP contribution in [0.2, 0.25) is 0 Å². The number of amides is 2. The molecule has 3 rings (SSSR count). The zero-order valence-corrected chi connectivity index (χ0v) is 16.8. The zero-order chi connectivity index (χ0) is 20.6. The number of benzene rings is 2. The summed E-state index contributed by atoms with van der Waals surface area (Å²) in [5, 5.41) is 0. The van der Waals surface area contributed by atoms with Crippen LogP contribution in [0.4, 0.5) is 0 Å². The van der Waals surface area contributed by atoms with E-state index in [1.165, 1.54) is 11.1 Å². The van der Waals surface area contributed by atoms with Crippen LogP contribution in [0.1, 0.15) is 36.5 Å². The molecule has 1 atom stereocenters. The van der Waals surface area contributed by atoms with Crippen LogP contribution in [0, 0.1) is 0 Å². The van der Waals surface area contributed by atoms with Gasteiger partial charge in [0.15, 0.2) is 6.61 Å². The smallest absolute Gasteiger partial charge is 0.255 e. The van der Waals surface area contributed by atoms with E-state index in [4.69, 9.17) is 10.5 Å².